The molecule has 8 nitrogen and oxygen atoms in total. The Labute approximate surface area is 144 Å². The second kappa shape index (κ2) is 7.54. The number of halogens is 1. The van der Waals surface area contributed by atoms with Gasteiger partial charge >= 0.3 is 6.03 Å². The summed E-state index contributed by atoms with van der Waals surface area (Å²) in [5, 5.41) is 13.0. The minimum absolute atomic E-state index is 0.148. The standard InChI is InChI=1S/C14H11IN4O4/c15-12-7-2-1-6-11(12)13(20)17-18-14(21)16-9-4-3-5-10(8-9)19(22)23/h1-8H,(H,17,20)(H2,16,18,21). The van der Waals surface area contributed by atoms with Crippen LogP contribution in [0.1, 0.15) is 10.4 Å². The number of hydrogen-bond donors (Lipinski definition) is 3. The van der Waals surface area contributed by atoms with Crippen LogP contribution in [0.2, 0.25) is 0 Å². The van der Waals surface area contributed by atoms with Gasteiger partial charge in [-0.05, 0) is 40.8 Å². The number of amides is 3. The highest BCUT2D eigenvalue weighted by atomic mass is 127. The van der Waals surface area contributed by atoms with Crippen LogP contribution in [0.5, 0.6) is 0 Å². The third kappa shape index (κ3) is 4.64. The van der Waals surface area contributed by atoms with E-state index in [0.717, 1.165) is 3.57 Å². The quantitative estimate of drug-likeness (QED) is 0.398. The molecule has 0 bridgehead atoms. The summed E-state index contributed by atoms with van der Waals surface area (Å²) in [6.45, 7) is 0. The number of benzene rings is 2. The molecular formula is C14H11IN4O4. The Morgan fingerprint density at radius 2 is 1.78 bits per heavy atom. The molecule has 2 aromatic rings. The summed E-state index contributed by atoms with van der Waals surface area (Å²) in [6.07, 6.45) is 0. The molecule has 0 heterocycles. The first-order valence-corrected chi connectivity index (χ1v) is 7.41. The lowest BCUT2D eigenvalue weighted by molar-refractivity contribution is -0.384. The van der Waals surface area contributed by atoms with Crippen molar-refractivity contribution in [3.63, 3.8) is 0 Å². The van der Waals surface area contributed by atoms with E-state index in [-0.39, 0.29) is 11.4 Å². The summed E-state index contributed by atoms with van der Waals surface area (Å²) in [5.41, 5.74) is 4.95. The van der Waals surface area contributed by atoms with Crippen LogP contribution < -0.4 is 16.2 Å². The smallest absolute Gasteiger partial charge is 0.306 e. The predicted octanol–water partition coefficient (Wildman–Crippen LogP) is 2.67. The van der Waals surface area contributed by atoms with E-state index in [0.29, 0.717) is 5.56 Å². The molecule has 3 amide bonds. The van der Waals surface area contributed by atoms with Crippen molar-refractivity contribution >= 4 is 45.9 Å². The average molecular weight is 426 g/mol. The number of nitrogens with one attached hydrogen (secondary N) is 3. The summed E-state index contributed by atoms with van der Waals surface area (Å²) in [4.78, 5) is 33.7. The summed E-state index contributed by atoms with van der Waals surface area (Å²) in [7, 11) is 0. The first-order valence-electron chi connectivity index (χ1n) is 6.33. The zero-order valence-electron chi connectivity index (χ0n) is 11.6. The van der Waals surface area contributed by atoms with Crippen LogP contribution in [0.15, 0.2) is 48.5 Å². The second-order valence-corrected chi connectivity index (χ2v) is 5.48. The second-order valence-electron chi connectivity index (χ2n) is 4.32. The van der Waals surface area contributed by atoms with Gasteiger partial charge in [-0.2, -0.15) is 0 Å². The van der Waals surface area contributed by atoms with Gasteiger partial charge in [0.15, 0.2) is 0 Å². The van der Waals surface area contributed by atoms with Crippen LogP contribution >= 0.6 is 22.6 Å². The maximum Gasteiger partial charge on any atom is 0.337 e. The minimum Gasteiger partial charge on any atom is -0.306 e. The van der Waals surface area contributed by atoms with Gasteiger partial charge in [-0.1, -0.05) is 18.2 Å². The highest BCUT2D eigenvalue weighted by molar-refractivity contribution is 14.1. The number of urea groups is 1. The van der Waals surface area contributed by atoms with Gasteiger partial charge in [0, 0.05) is 21.4 Å². The van der Waals surface area contributed by atoms with E-state index in [9.17, 15) is 19.7 Å². The van der Waals surface area contributed by atoms with E-state index in [4.69, 9.17) is 0 Å². The Kier molecular flexibility index (Phi) is 5.46. The van der Waals surface area contributed by atoms with Gasteiger partial charge in [0.05, 0.1) is 10.5 Å². The van der Waals surface area contributed by atoms with Gasteiger partial charge in [0.25, 0.3) is 11.6 Å². The van der Waals surface area contributed by atoms with Crippen molar-refractivity contribution < 1.29 is 14.5 Å². The number of hydrogen-bond acceptors (Lipinski definition) is 4. The third-order valence-corrected chi connectivity index (χ3v) is 3.66. The van der Waals surface area contributed by atoms with E-state index >= 15 is 0 Å². The van der Waals surface area contributed by atoms with Crippen molar-refractivity contribution in [2.45, 2.75) is 0 Å². The molecule has 0 saturated carbocycles. The molecule has 3 N–H and O–H groups in total. The predicted molar refractivity (Wildman–Crippen MR) is 91.9 cm³/mol. The van der Waals surface area contributed by atoms with E-state index in [1.807, 2.05) is 22.6 Å². The van der Waals surface area contributed by atoms with Crippen molar-refractivity contribution in [1.82, 2.24) is 10.9 Å². The molecule has 2 rings (SSSR count). The Hall–Kier alpha value is -2.69. The lowest BCUT2D eigenvalue weighted by atomic mass is 10.2. The van der Waals surface area contributed by atoms with Crippen molar-refractivity contribution in [3.05, 3.63) is 67.8 Å². The summed E-state index contributed by atoms with van der Waals surface area (Å²) in [6, 6.07) is 11.6. The molecule has 0 saturated heterocycles. The lowest BCUT2D eigenvalue weighted by Crippen LogP contribution is -2.44. The number of nitro benzene ring substituents is 1. The zero-order valence-corrected chi connectivity index (χ0v) is 13.7. The highest BCUT2D eigenvalue weighted by Crippen LogP contribution is 2.16. The normalized spacial score (nSPS) is 9.78. The molecule has 0 aliphatic heterocycles. The SMILES string of the molecule is O=C(NNC(=O)c1ccccc1I)Nc1cccc([N+](=O)[O-])c1. The third-order valence-electron chi connectivity index (χ3n) is 2.72. The van der Waals surface area contributed by atoms with Crippen LogP contribution in [0.4, 0.5) is 16.2 Å². The fourth-order valence-corrected chi connectivity index (χ4v) is 2.32. The molecule has 0 radical (unpaired) electrons. The number of non-ortho nitro benzene ring substituents is 1. The van der Waals surface area contributed by atoms with Crippen molar-refractivity contribution in [1.29, 1.82) is 0 Å². The fraction of sp³-hybridized carbons (Fsp3) is 0. The fourth-order valence-electron chi connectivity index (χ4n) is 1.69. The molecule has 118 valence electrons. The lowest BCUT2D eigenvalue weighted by Gasteiger charge is -2.09. The number of carbonyl (C=O) groups excluding carboxylic acids is 2. The Bertz CT molecular complexity index is 766. The molecule has 0 spiro atoms. The summed E-state index contributed by atoms with van der Waals surface area (Å²) in [5.74, 6) is -0.468. The van der Waals surface area contributed by atoms with Gasteiger partial charge in [0.2, 0.25) is 0 Å². The molecule has 0 aliphatic rings. The number of hydrazine groups is 1. The maximum absolute atomic E-state index is 11.9. The number of rotatable bonds is 3. The zero-order chi connectivity index (χ0) is 16.8. The molecule has 0 atom stereocenters. The van der Waals surface area contributed by atoms with Gasteiger partial charge in [-0.25, -0.2) is 10.2 Å². The van der Waals surface area contributed by atoms with Crippen LogP contribution in [-0.2, 0) is 0 Å². The first-order chi connectivity index (χ1) is 11.0. The largest absolute Gasteiger partial charge is 0.337 e. The van der Waals surface area contributed by atoms with Crippen LogP contribution in [-0.4, -0.2) is 16.9 Å². The molecule has 0 aliphatic carbocycles. The molecule has 23 heavy (non-hydrogen) atoms. The topological polar surface area (TPSA) is 113 Å². The van der Waals surface area contributed by atoms with E-state index in [1.165, 1.54) is 24.3 Å². The van der Waals surface area contributed by atoms with Gasteiger partial charge in [-0.3, -0.25) is 20.3 Å². The average Bonchev–Trinajstić information content (AvgIpc) is 2.53. The minimum atomic E-state index is -0.718. The number of anilines is 1. The van der Waals surface area contributed by atoms with Crippen LogP contribution in [0, 0.1) is 13.7 Å². The van der Waals surface area contributed by atoms with E-state index < -0.39 is 16.9 Å². The monoisotopic (exact) mass is 426 g/mol. The molecule has 2 aromatic carbocycles. The molecule has 0 aromatic heterocycles. The van der Waals surface area contributed by atoms with Crippen LogP contribution in [0.25, 0.3) is 0 Å². The summed E-state index contributed by atoms with van der Waals surface area (Å²) >= 11 is 2.01. The molecular weight excluding hydrogens is 415 g/mol. The molecule has 0 fully saturated rings. The van der Waals surface area contributed by atoms with Gasteiger partial charge in [-0.15, -0.1) is 0 Å². The highest BCUT2D eigenvalue weighted by Gasteiger charge is 2.11. The summed E-state index contributed by atoms with van der Waals surface area (Å²) < 4.78 is 0.739. The van der Waals surface area contributed by atoms with E-state index in [2.05, 4.69) is 16.2 Å². The van der Waals surface area contributed by atoms with Crippen molar-refractivity contribution in [2.24, 2.45) is 0 Å². The number of nitrogens with zero attached hydrogens (tertiary/aromatic N) is 1. The van der Waals surface area contributed by atoms with Gasteiger partial charge < -0.3 is 5.32 Å². The van der Waals surface area contributed by atoms with Crippen molar-refractivity contribution in [2.75, 3.05) is 5.32 Å². The maximum atomic E-state index is 11.9. The van der Waals surface area contributed by atoms with Crippen LogP contribution in [0.3, 0.4) is 0 Å². The Morgan fingerprint density at radius 1 is 1.04 bits per heavy atom. The number of nitro groups is 1. The molecule has 9 heteroatoms. The van der Waals surface area contributed by atoms with Crippen molar-refractivity contribution in [3.8, 4) is 0 Å². The molecule has 0 unspecified atom stereocenters. The van der Waals surface area contributed by atoms with Gasteiger partial charge in [0.1, 0.15) is 0 Å². The Morgan fingerprint density at radius 3 is 2.48 bits per heavy atom. The first kappa shape index (κ1) is 16.7. The van der Waals surface area contributed by atoms with E-state index in [1.54, 1.807) is 24.3 Å². The Balaban J connectivity index is 1.93. The number of carbonyl (C=O) groups is 2.